The topological polar surface area (TPSA) is 69.6 Å². The first-order valence-electron chi connectivity index (χ1n) is 6.67. The molecule has 2 aliphatic rings. The number of rotatable bonds is 4. The van der Waals surface area contributed by atoms with Gasteiger partial charge in [-0.15, -0.1) is 0 Å². The van der Waals surface area contributed by atoms with Gasteiger partial charge in [0.2, 0.25) is 0 Å². The van der Waals surface area contributed by atoms with E-state index in [0.717, 1.165) is 6.54 Å². The number of carboxylic acids is 1. The van der Waals surface area contributed by atoms with Gasteiger partial charge in [0.25, 0.3) is 0 Å². The van der Waals surface area contributed by atoms with E-state index < -0.39 is 5.97 Å². The van der Waals surface area contributed by atoms with Crippen molar-refractivity contribution in [2.45, 2.75) is 33.1 Å². The molecule has 5 nitrogen and oxygen atoms in total. The largest absolute Gasteiger partial charge is 0.481 e. The maximum absolute atomic E-state index is 11.8. The Bertz CT molecular complexity index is 346. The number of carbonyl (C=O) groups is 2. The van der Waals surface area contributed by atoms with Crippen LogP contribution in [0.2, 0.25) is 0 Å². The molecule has 18 heavy (non-hydrogen) atoms. The van der Waals surface area contributed by atoms with Gasteiger partial charge in [0, 0.05) is 25.6 Å². The molecule has 2 fully saturated rings. The molecular formula is C13H22N2O3. The van der Waals surface area contributed by atoms with E-state index in [2.05, 4.69) is 12.2 Å². The zero-order chi connectivity index (χ0) is 13.3. The van der Waals surface area contributed by atoms with Gasteiger partial charge in [-0.2, -0.15) is 0 Å². The number of carbonyl (C=O) groups excluding carboxylic acids is 1. The molecule has 0 radical (unpaired) electrons. The zero-order valence-electron chi connectivity index (χ0n) is 11.1. The van der Waals surface area contributed by atoms with Crippen LogP contribution in [0.4, 0.5) is 4.79 Å². The molecule has 0 aromatic rings. The van der Waals surface area contributed by atoms with Gasteiger partial charge >= 0.3 is 12.0 Å². The highest BCUT2D eigenvalue weighted by Gasteiger charge is 2.38. The summed E-state index contributed by atoms with van der Waals surface area (Å²) in [6.07, 6.45) is 3.63. The van der Waals surface area contributed by atoms with Crippen LogP contribution in [0.5, 0.6) is 0 Å². The molecule has 5 heteroatoms. The fourth-order valence-corrected chi connectivity index (χ4v) is 2.55. The minimum Gasteiger partial charge on any atom is -0.481 e. The number of aliphatic carboxylic acids is 1. The van der Waals surface area contributed by atoms with E-state index in [0.29, 0.717) is 13.1 Å². The number of nitrogens with zero attached hydrogens (tertiary/aromatic N) is 1. The Morgan fingerprint density at radius 3 is 2.50 bits per heavy atom. The van der Waals surface area contributed by atoms with Crippen LogP contribution in [-0.2, 0) is 4.79 Å². The van der Waals surface area contributed by atoms with Crippen LogP contribution in [0.25, 0.3) is 0 Å². The van der Waals surface area contributed by atoms with Gasteiger partial charge in [0.15, 0.2) is 0 Å². The number of urea groups is 1. The summed E-state index contributed by atoms with van der Waals surface area (Å²) in [4.78, 5) is 24.3. The van der Waals surface area contributed by atoms with Crippen LogP contribution >= 0.6 is 0 Å². The van der Waals surface area contributed by atoms with Gasteiger partial charge in [-0.05, 0) is 18.3 Å². The SMILES string of the molecule is CC(C(=O)O)C1CN(C(=O)NCC2(C)CCC2)C1. The average molecular weight is 254 g/mol. The fraction of sp³-hybridized carbons (Fsp3) is 0.846. The second-order valence-corrected chi connectivity index (χ2v) is 6.11. The summed E-state index contributed by atoms with van der Waals surface area (Å²) in [6, 6.07) is -0.0445. The molecule has 0 aromatic carbocycles. The number of carboxylic acid groups (broad SMARTS) is 1. The van der Waals surface area contributed by atoms with Crippen molar-refractivity contribution < 1.29 is 14.7 Å². The van der Waals surface area contributed by atoms with Gasteiger partial charge < -0.3 is 15.3 Å². The lowest BCUT2D eigenvalue weighted by atomic mass is 9.70. The van der Waals surface area contributed by atoms with Crippen molar-refractivity contribution in [2.75, 3.05) is 19.6 Å². The van der Waals surface area contributed by atoms with E-state index in [1.54, 1.807) is 11.8 Å². The molecule has 1 saturated carbocycles. The van der Waals surface area contributed by atoms with Crippen LogP contribution < -0.4 is 5.32 Å². The molecule has 0 aromatic heterocycles. The van der Waals surface area contributed by atoms with Gasteiger partial charge in [0.05, 0.1) is 5.92 Å². The molecule has 1 heterocycles. The molecule has 102 valence electrons. The van der Waals surface area contributed by atoms with Crippen molar-refractivity contribution in [3.8, 4) is 0 Å². The first-order chi connectivity index (χ1) is 8.41. The minimum absolute atomic E-state index is 0.0445. The van der Waals surface area contributed by atoms with Gasteiger partial charge in [0.1, 0.15) is 0 Å². The highest BCUT2D eigenvalue weighted by Crippen LogP contribution is 2.39. The third kappa shape index (κ3) is 2.60. The molecule has 2 amide bonds. The molecule has 1 unspecified atom stereocenters. The number of likely N-dealkylation sites (tertiary alicyclic amines) is 1. The second kappa shape index (κ2) is 4.78. The molecule has 1 aliphatic heterocycles. The van der Waals surface area contributed by atoms with E-state index in [1.807, 2.05) is 0 Å². The summed E-state index contributed by atoms with van der Waals surface area (Å²) in [5.74, 6) is -1.03. The highest BCUT2D eigenvalue weighted by molar-refractivity contribution is 5.76. The van der Waals surface area contributed by atoms with E-state index >= 15 is 0 Å². The van der Waals surface area contributed by atoms with Crippen LogP contribution in [0.1, 0.15) is 33.1 Å². The summed E-state index contributed by atoms with van der Waals surface area (Å²) in [5, 5.41) is 11.8. The minimum atomic E-state index is -0.776. The molecule has 0 spiro atoms. The van der Waals surface area contributed by atoms with Crippen molar-refractivity contribution in [1.82, 2.24) is 10.2 Å². The Kier molecular flexibility index (Phi) is 3.50. The van der Waals surface area contributed by atoms with Crippen molar-refractivity contribution >= 4 is 12.0 Å². The quantitative estimate of drug-likeness (QED) is 0.799. The molecular weight excluding hydrogens is 232 g/mol. The Morgan fingerprint density at radius 1 is 1.44 bits per heavy atom. The lowest BCUT2D eigenvalue weighted by molar-refractivity contribution is -0.144. The molecule has 2 N–H and O–H groups in total. The summed E-state index contributed by atoms with van der Waals surface area (Å²) in [7, 11) is 0. The molecule has 2 rings (SSSR count). The Morgan fingerprint density at radius 2 is 2.06 bits per heavy atom. The Balaban J connectivity index is 1.68. The first-order valence-corrected chi connectivity index (χ1v) is 6.67. The normalized spacial score (nSPS) is 23.8. The predicted molar refractivity (Wildman–Crippen MR) is 67.2 cm³/mol. The van der Waals surface area contributed by atoms with E-state index in [1.165, 1.54) is 19.3 Å². The summed E-state index contributed by atoms with van der Waals surface area (Å²) in [5.41, 5.74) is 0.286. The van der Waals surface area contributed by atoms with Gasteiger partial charge in [-0.25, -0.2) is 4.79 Å². The summed E-state index contributed by atoms with van der Waals surface area (Å²) in [6.45, 7) is 5.77. The zero-order valence-corrected chi connectivity index (χ0v) is 11.1. The van der Waals surface area contributed by atoms with Crippen molar-refractivity contribution in [2.24, 2.45) is 17.3 Å². The third-order valence-electron chi connectivity index (χ3n) is 4.52. The van der Waals surface area contributed by atoms with E-state index in [4.69, 9.17) is 5.11 Å². The predicted octanol–water partition coefficient (Wildman–Crippen LogP) is 1.54. The van der Waals surface area contributed by atoms with Gasteiger partial charge in [-0.1, -0.05) is 20.3 Å². The number of hydrogen-bond donors (Lipinski definition) is 2. The van der Waals surface area contributed by atoms with Crippen molar-refractivity contribution in [3.63, 3.8) is 0 Å². The van der Waals surface area contributed by atoms with Gasteiger partial charge in [-0.3, -0.25) is 4.79 Å². The smallest absolute Gasteiger partial charge is 0.317 e. The summed E-state index contributed by atoms with van der Waals surface area (Å²) < 4.78 is 0. The maximum atomic E-state index is 11.8. The molecule has 0 bridgehead atoms. The standard InChI is InChI=1S/C13H22N2O3/c1-9(11(16)17)10-6-15(7-10)12(18)14-8-13(2)4-3-5-13/h9-10H,3-8H2,1-2H3,(H,14,18)(H,16,17). The van der Waals surface area contributed by atoms with Crippen LogP contribution in [0.3, 0.4) is 0 Å². The number of amides is 2. The lowest BCUT2D eigenvalue weighted by Gasteiger charge is -2.43. The highest BCUT2D eigenvalue weighted by atomic mass is 16.4. The number of nitrogens with one attached hydrogen (secondary N) is 1. The Hall–Kier alpha value is -1.26. The fourth-order valence-electron chi connectivity index (χ4n) is 2.55. The van der Waals surface area contributed by atoms with Crippen molar-refractivity contribution in [3.05, 3.63) is 0 Å². The Labute approximate surface area is 108 Å². The molecule has 1 saturated heterocycles. The lowest BCUT2D eigenvalue weighted by Crippen LogP contribution is -2.57. The second-order valence-electron chi connectivity index (χ2n) is 6.11. The monoisotopic (exact) mass is 254 g/mol. The first kappa shape index (κ1) is 13.2. The number of hydrogen-bond acceptors (Lipinski definition) is 2. The van der Waals surface area contributed by atoms with Crippen molar-refractivity contribution in [1.29, 1.82) is 0 Å². The third-order valence-corrected chi connectivity index (χ3v) is 4.52. The van der Waals surface area contributed by atoms with Crippen LogP contribution in [-0.4, -0.2) is 41.6 Å². The molecule has 1 atom stereocenters. The average Bonchev–Trinajstić information content (AvgIpc) is 2.21. The van der Waals surface area contributed by atoms with E-state index in [9.17, 15) is 9.59 Å². The van der Waals surface area contributed by atoms with Crippen LogP contribution in [0, 0.1) is 17.3 Å². The van der Waals surface area contributed by atoms with E-state index in [-0.39, 0.29) is 23.3 Å². The molecule has 1 aliphatic carbocycles. The van der Waals surface area contributed by atoms with Crippen LogP contribution in [0.15, 0.2) is 0 Å². The maximum Gasteiger partial charge on any atom is 0.317 e. The summed E-state index contributed by atoms with van der Waals surface area (Å²) >= 11 is 0.